The summed E-state index contributed by atoms with van der Waals surface area (Å²) in [6.07, 6.45) is 2.08. The number of aryl methyl sites for hydroxylation is 2. The summed E-state index contributed by atoms with van der Waals surface area (Å²) >= 11 is 0. The zero-order valence-corrected chi connectivity index (χ0v) is 11.1. The third-order valence-electron chi connectivity index (χ3n) is 2.87. The Morgan fingerprint density at radius 2 is 2.19 bits per heavy atom. The van der Waals surface area contributed by atoms with E-state index in [-0.39, 0.29) is 0 Å². The van der Waals surface area contributed by atoms with E-state index in [9.17, 15) is 0 Å². The monoisotopic (exact) mass is 224 g/mol. The summed E-state index contributed by atoms with van der Waals surface area (Å²) in [6, 6.07) is 0.592. The number of hydrogen-bond donors (Lipinski definition) is 1. The molecule has 0 aliphatic rings. The van der Waals surface area contributed by atoms with Gasteiger partial charge in [0.2, 0.25) is 5.95 Å². The maximum Gasteiger partial charge on any atom is 0.203 e. The van der Waals surface area contributed by atoms with Crippen molar-refractivity contribution in [2.24, 2.45) is 0 Å². The van der Waals surface area contributed by atoms with E-state index in [4.69, 9.17) is 0 Å². The van der Waals surface area contributed by atoms with Crippen LogP contribution in [0.4, 0.5) is 5.95 Å². The zero-order valence-electron chi connectivity index (χ0n) is 11.1. The van der Waals surface area contributed by atoms with Gasteiger partial charge in [-0.25, -0.2) is 4.98 Å². The number of nitrogens with one attached hydrogen (secondary N) is 1. The summed E-state index contributed by atoms with van der Waals surface area (Å²) < 4.78 is 2.14. The molecule has 92 valence electrons. The van der Waals surface area contributed by atoms with Crippen LogP contribution in [0.5, 0.6) is 0 Å². The van der Waals surface area contributed by atoms with Crippen LogP contribution in [-0.4, -0.2) is 40.6 Å². The van der Waals surface area contributed by atoms with Crippen molar-refractivity contribution in [1.29, 1.82) is 0 Å². The number of nitrogens with zero attached hydrogens (tertiary/aromatic N) is 3. The van der Waals surface area contributed by atoms with Crippen LogP contribution < -0.4 is 5.32 Å². The van der Waals surface area contributed by atoms with Gasteiger partial charge in [0.15, 0.2) is 0 Å². The van der Waals surface area contributed by atoms with E-state index in [1.807, 2.05) is 6.92 Å². The third-order valence-corrected chi connectivity index (χ3v) is 2.87. The molecule has 4 heteroatoms. The Bertz CT molecular complexity index is 317. The van der Waals surface area contributed by atoms with E-state index in [1.165, 1.54) is 0 Å². The summed E-state index contributed by atoms with van der Waals surface area (Å²) in [5.41, 5.74) is 1.07. The molecule has 1 rings (SSSR count). The van der Waals surface area contributed by atoms with Gasteiger partial charge in [-0.3, -0.25) is 0 Å². The van der Waals surface area contributed by atoms with Crippen molar-refractivity contribution < 1.29 is 0 Å². The molecular formula is C12H24N4. The number of hydrogen-bond acceptors (Lipinski definition) is 3. The predicted octanol–water partition coefficient (Wildman–Crippen LogP) is 1.96. The fourth-order valence-electron chi connectivity index (χ4n) is 1.53. The molecule has 0 fully saturated rings. The Kier molecular flexibility index (Phi) is 4.80. The zero-order chi connectivity index (χ0) is 12.1. The molecule has 1 heterocycles. The Hall–Kier alpha value is -1.03. The molecule has 0 saturated heterocycles. The topological polar surface area (TPSA) is 33.1 Å². The van der Waals surface area contributed by atoms with Gasteiger partial charge in [0.25, 0.3) is 0 Å². The highest BCUT2D eigenvalue weighted by Gasteiger charge is 2.05. The number of likely N-dealkylation sites (N-methyl/N-ethyl adjacent to an activating group) is 1. The van der Waals surface area contributed by atoms with Gasteiger partial charge in [-0.1, -0.05) is 0 Å². The lowest BCUT2D eigenvalue weighted by Crippen LogP contribution is -2.31. The molecule has 4 nitrogen and oxygen atoms in total. The van der Waals surface area contributed by atoms with E-state index in [1.54, 1.807) is 0 Å². The molecule has 0 radical (unpaired) electrons. The first kappa shape index (κ1) is 13.0. The van der Waals surface area contributed by atoms with Crippen LogP contribution >= 0.6 is 0 Å². The van der Waals surface area contributed by atoms with E-state index in [0.29, 0.717) is 6.04 Å². The third kappa shape index (κ3) is 3.52. The number of rotatable bonds is 6. The molecular weight excluding hydrogens is 200 g/mol. The lowest BCUT2D eigenvalue weighted by molar-refractivity contribution is 0.284. The maximum atomic E-state index is 4.46. The Morgan fingerprint density at radius 3 is 2.75 bits per heavy atom. The second kappa shape index (κ2) is 5.89. The van der Waals surface area contributed by atoms with Crippen LogP contribution in [0.1, 0.15) is 26.5 Å². The first-order chi connectivity index (χ1) is 7.54. The van der Waals surface area contributed by atoms with Gasteiger partial charge in [0.05, 0.1) is 5.69 Å². The molecule has 0 aliphatic heterocycles. The fraction of sp³-hybridized carbons (Fsp3) is 0.750. The lowest BCUT2D eigenvalue weighted by atomic mass is 10.3. The van der Waals surface area contributed by atoms with Gasteiger partial charge >= 0.3 is 0 Å². The molecule has 0 saturated carbocycles. The highest BCUT2D eigenvalue weighted by molar-refractivity contribution is 5.28. The summed E-state index contributed by atoms with van der Waals surface area (Å²) in [5.74, 6) is 0.983. The summed E-state index contributed by atoms with van der Waals surface area (Å²) in [6.45, 7) is 11.5. The average molecular weight is 224 g/mol. The van der Waals surface area contributed by atoms with Crippen molar-refractivity contribution in [3.05, 3.63) is 11.9 Å². The summed E-state index contributed by atoms with van der Waals surface area (Å²) in [7, 11) is 2.14. The van der Waals surface area contributed by atoms with Crippen LogP contribution in [0, 0.1) is 6.92 Å². The largest absolute Gasteiger partial charge is 0.354 e. The van der Waals surface area contributed by atoms with Crippen LogP contribution in [0.2, 0.25) is 0 Å². The molecule has 1 aromatic rings. The molecule has 16 heavy (non-hydrogen) atoms. The van der Waals surface area contributed by atoms with Crippen molar-refractivity contribution in [3.8, 4) is 0 Å². The molecule has 0 unspecified atom stereocenters. The molecule has 1 N–H and O–H groups in total. The minimum atomic E-state index is 0.592. The normalized spacial score (nSPS) is 11.4. The Labute approximate surface area is 98.7 Å². The molecule has 0 amide bonds. The summed E-state index contributed by atoms with van der Waals surface area (Å²) in [5, 5.41) is 3.38. The number of imidazole rings is 1. The van der Waals surface area contributed by atoms with Crippen molar-refractivity contribution in [2.75, 3.05) is 25.5 Å². The minimum Gasteiger partial charge on any atom is -0.354 e. The van der Waals surface area contributed by atoms with Crippen molar-refractivity contribution in [3.63, 3.8) is 0 Å². The molecule has 0 atom stereocenters. The van der Waals surface area contributed by atoms with Gasteiger partial charge in [-0.2, -0.15) is 0 Å². The van der Waals surface area contributed by atoms with Crippen molar-refractivity contribution in [1.82, 2.24) is 14.5 Å². The van der Waals surface area contributed by atoms with E-state index < -0.39 is 0 Å². The highest BCUT2D eigenvalue weighted by atomic mass is 15.2. The Morgan fingerprint density at radius 1 is 1.50 bits per heavy atom. The minimum absolute atomic E-state index is 0.592. The Balaban J connectivity index is 2.42. The molecule has 0 bridgehead atoms. The standard InChI is InChI=1S/C12H24N4/c1-6-16-9-11(4)14-12(16)13-7-8-15(5)10(2)3/h9-10H,6-8H2,1-5H3,(H,13,14). The van der Waals surface area contributed by atoms with Gasteiger partial charge < -0.3 is 14.8 Å². The van der Waals surface area contributed by atoms with E-state index in [2.05, 4.69) is 53.8 Å². The van der Waals surface area contributed by atoms with Crippen LogP contribution in [0.3, 0.4) is 0 Å². The predicted molar refractivity (Wildman–Crippen MR) is 68.9 cm³/mol. The molecule has 1 aromatic heterocycles. The highest BCUT2D eigenvalue weighted by Crippen LogP contribution is 2.07. The fourth-order valence-corrected chi connectivity index (χ4v) is 1.53. The SMILES string of the molecule is CCn1cc(C)nc1NCCN(C)C(C)C. The smallest absolute Gasteiger partial charge is 0.203 e. The van der Waals surface area contributed by atoms with Gasteiger partial charge in [0.1, 0.15) is 0 Å². The second-order valence-electron chi connectivity index (χ2n) is 4.49. The van der Waals surface area contributed by atoms with E-state index in [0.717, 1.165) is 31.3 Å². The van der Waals surface area contributed by atoms with Crippen LogP contribution in [-0.2, 0) is 6.54 Å². The summed E-state index contributed by atoms with van der Waals surface area (Å²) in [4.78, 5) is 6.78. The number of aromatic nitrogens is 2. The van der Waals surface area contributed by atoms with Crippen molar-refractivity contribution >= 4 is 5.95 Å². The maximum absolute atomic E-state index is 4.46. The molecule has 0 spiro atoms. The van der Waals surface area contributed by atoms with Gasteiger partial charge in [-0.05, 0) is 34.7 Å². The van der Waals surface area contributed by atoms with Crippen LogP contribution in [0.15, 0.2) is 6.20 Å². The van der Waals surface area contributed by atoms with Crippen molar-refractivity contribution in [2.45, 2.75) is 40.3 Å². The first-order valence-electron chi connectivity index (χ1n) is 6.02. The van der Waals surface area contributed by atoms with Crippen LogP contribution in [0.25, 0.3) is 0 Å². The number of anilines is 1. The quantitative estimate of drug-likeness (QED) is 0.802. The van der Waals surface area contributed by atoms with Gasteiger partial charge in [-0.15, -0.1) is 0 Å². The average Bonchev–Trinajstić information content (AvgIpc) is 2.58. The lowest BCUT2D eigenvalue weighted by Gasteiger charge is -2.21. The first-order valence-corrected chi connectivity index (χ1v) is 6.02. The molecule has 0 aromatic carbocycles. The molecule has 0 aliphatic carbocycles. The second-order valence-corrected chi connectivity index (χ2v) is 4.49. The van der Waals surface area contributed by atoms with Gasteiger partial charge in [0, 0.05) is 31.9 Å². The van der Waals surface area contributed by atoms with E-state index >= 15 is 0 Å².